The van der Waals surface area contributed by atoms with Crippen LogP contribution in [0.25, 0.3) is 0 Å². The Kier molecular flexibility index (Phi) is 16.1. The molecule has 0 unspecified atom stereocenters. The SMILES string of the molecule is CC(C)CNCCCNCCCNCCCNCC(C)C. The van der Waals surface area contributed by atoms with E-state index in [4.69, 9.17) is 0 Å². The predicted molar refractivity (Wildman–Crippen MR) is 95.0 cm³/mol. The van der Waals surface area contributed by atoms with Gasteiger partial charge in [0, 0.05) is 0 Å². The minimum Gasteiger partial charge on any atom is -0.317 e. The lowest BCUT2D eigenvalue weighted by Crippen LogP contribution is -2.28. The Bertz CT molecular complexity index is 175. The van der Waals surface area contributed by atoms with Gasteiger partial charge in [0.25, 0.3) is 0 Å². The van der Waals surface area contributed by atoms with E-state index in [1.54, 1.807) is 0 Å². The summed E-state index contributed by atoms with van der Waals surface area (Å²) in [5, 5.41) is 13.9. The zero-order chi connectivity index (χ0) is 15.8. The number of rotatable bonds is 16. The molecule has 0 aliphatic heterocycles. The molecule has 0 bridgehead atoms. The van der Waals surface area contributed by atoms with Crippen LogP contribution in [0.15, 0.2) is 0 Å². The summed E-state index contributed by atoms with van der Waals surface area (Å²) in [5.41, 5.74) is 0. The third-order valence-electron chi connectivity index (χ3n) is 3.23. The van der Waals surface area contributed by atoms with E-state index in [0.717, 1.165) is 64.2 Å². The first-order valence-corrected chi connectivity index (χ1v) is 8.95. The van der Waals surface area contributed by atoms with Gasteiger partial charge in [-0.25, -0.2) is 0 Å². The molecule has 0 aromatic heterocycles. The van der Waals surface area contributed by atoms with Crippen molar-refractivity contribution in [3.8, 4) is 0 Å². The van der Waals surface area contributed by atoms with E-state index in [1.165, 1.54) is 19.3 Å². The molecule has 4 nitrogen and oxygen atoms in total. The van der Waals surface area contributed by atoms with Crippen LogP contribution in [-0.2, 0) is 0 Å². The molecule has 0 heterocycles. The third-order valence-corrected chi connectivity index (χ3v) is 3.23. The quantitative estimate of drug-likeness (QED) is 0.329. The molecule has 0 aliphatic carbocycles. The Labute approximate surface area is 133 Å². The zero-order valence-corrected chi connectivity index (χ0v) is 14.9. The molecule has 0 aromatic carbocycles. The van der Waals surface area contributed by atoms with Crippen LogP contribution in [0.1, 0.15) is 47.0 Å². The first-order valence-electron chi connectivity index (χ1n) is 8.95. The minimum atomic E-state index is 0.754. The Hall–Kier alpha value is -0.160. The van der Waals surface area contributed by atoms with Gasteiger partial charge in [-0.05, 0) is 83.5 Å². The van der Waals surface area contributed by atoms with Crippen molar-refractivity contribution >= 4 is 0 Å². The molecule has 0 saturated carbocycles. The summed E-state index contributed by atoms with van der Waals surface area (Å²) in [7, 11) is 0. The van der Waals surface area contributed by atoms with Crippen LogP contribution in [0.4, 0.5) is 0 Å². The molecule has 0 spiro atoms. The lowest BCUT2D eigenvalue weighted by molar-refractivity contribution is 0.516. The van der Waals surface area contributed by atoms with Crippen LogP contribution in [-0.4, -0.2) is 52.4 Å². The van der Waals surface area contributed by atoms with E-state index in [2.05, 4.69) is 49.0 Å². The number of nitrogens with one attached hydrogen (secondary N) is 4. The fourth-order valence-corrected chi connectivity index (χ4v) is 2.05. The van der Waals surface area contributed by atoms with E-state index in [-0.39, 0.29) is 0 Å². The van der Waals surface area contributed by atoms with Gasteiger partial charge in [0.15, 0.2) is 0 Å². The van der Waals surface area contributed by atoms with Crippen molar-refractivity contribution in [2.75, 3.05) is 52.4 Å². The molecule has 128 valence electrons. The second-order valence-corrected chi connectivity index (χ2v) is 6.76. The highest BCUT2D eigenvalue weighted by Crippen LogP contribution is 1.87. The molecule has 0 aromatic rings. The first kappa shape index (κ1) is 20.8. The Morgan fingerprint density at radius 1 is 0.476 bits per heavy atom. The summed E-state index contributed by atoms with van der Waals surface area (Å²) in [6, 6.07) is 0. The van der Waals surface area contributed by atoms with Crippen molar-refractivity contribution in [3.63, 3.8) is 0 Å². The first-order chi connectivity index (χ1) is 10.1. The zero-order valence-electron chi connectivity index (χ0n) is 14.9. The third kappa shape index (κ3) is 19.8. The molecule has 0 fully saturated rings. The van der Waals surface area contributed by atoms with E-state index in [1.807, 2.05) is 0 Å². The van der Waals surface area contributed by atoms with Gasteiger partial charge in [-0.3, -0.25) is 0 Å². The van der Waals surface area contributed by atoms with E-state index in [0.29, 0.717) is 0 Å². The smallest absolute Gasteiger partial charge is 0.00258 e. The van der Waals surface area contributed by atoms with Crippen LogP contribution in [0, 0.1) is 11.8 Å². The van der Waals surface area contributed by atoms with E-state index in [9.17, 15) is 0 Å². The summed E-state index contributed by atoms with van der Waals surface area (Å²) in [5.74, 6) is 1.51. The standard InChI is InChI=1S/C17H40N4/c1-16(2)14-20-12-6-10-18-8-5-9-19-11-7-13-21-15-17(3)4/h16-21H,5-15H2,1-4H3. The van der Waals surface area contributed by atoms with Gasteiger partial charge < -0.3 is 21.3 Å². The second kappa shape index (κ2) is 16.2. The highest BCUT2D eigenvalue weighted by Gasteiger charge is 1.94. The Morgan fingerprint density at radius 2 is 0.762 bits per heavy atom. The van der Waals surface area contributed by atoms with Crippen molar-refractivity contribution in [3.05, 3.63) is 0 Å². The van der Waals surface area contributed by atoms with Crippen LogP contribution in [0.3, 0.4) is 0 Å². The lowest BCUT2D eigenvalue weighted by Gasteiger charge is -2.09. The number of hydrogen-bond donors (Lipinski definition) is 4. The van der Waals surface area contributed by atoms with Gasteiger partial charge in [0.2, 0.25) is 0 Å². The van der Waals surface area contributed by atoms with Crippen LogP contribution >= 0.6 is 0 Å². The molecular weight excluding hydrogens is 260 g/mol. The van der Waals surface area contributed by atoms with Crippen molar-refractivity contribution in [2.24, 2.45) is 11.8 Å². The monoisotopic (exact) mass is 300 g/mol. The lowest BCUT2D eigenvalue weighted by atomic mass is 10.2. The summed E-state index contributed by atoms with van der Waals surface area (Å²) in [4.78, 5) is 0. The average molecular weight is 301 g/mol. The fraction of sp³-hybridized carbons (Fsp3) is 1.00. The van der Waals surface area contributed by atoms with Crippen LogP contribution in [0.2, 0.25) is 0 Å². The molecule has 0 aliphatic rings. The molecule has 0 radical (unpaired) electrons. The Morgan fingerprint density at radius 3 is 1.05 bits per heavy atom. The van der Waals surface area contributed by atoms with Gasteiger partial charge in [0.05, 0.1) is 0 Å². The summed E-state index contributed by atoms with van der Waals surface area (Å²) < 4.78 is 0. The molecule has 0 saturated heterocycles. The summed E-state index contributed by atoms with van der Waals surface area (Å²) >= 11 is 0. The second-order valence-electron chi connectivity index (χ2n) is 6.76. The van der Waals surface area contributed by atoms with Gasteiger partial charge in [-0.2, -0.15) is 0 Å². The maximum atomic E-state index is 3.50. The van der Waals surface area contributed by atoms with Crippen molar-refractivity contribution < 1.29 is 0 Å². The molecule has 4 heteroatoms. The largest absolute Gasteiger partial charge is 0.317 e. The summed E-state index contributed by atoms with van der Waals surface area (Å²) in [6.07, 6.45) is 3.67. The fourth-order valence-electron chi connectivity index (χ4n) is 2.05. The summed E-state index contributed by atoms with van der Waals surface area (Å²) in [6.45, 7) is 18.0. The highest BCUT2D eigenvalue weighted by atomic mass is 14.9. The van der Waals surface area contributed by atoms with Crippen molar-refractivity contribution in [1.82, 2.24) is 21.3 Å². The van der Waals surface area contributed by atoms with Crippen LogP contribution in [0.5, 0.6) is 0 Å². The molecular formula is C17H40N4. The van der Waals surface area contributed by atoms with Gasteiger partial charge in [-0.15, -0.1) is 0 Å². The minimum absolute atomic E-state index is 0.754. The van der Waals surface area contributed by atoms with Crippen molar-refractivity contribution in [1.29, 1.82) is 0 Å². The molecule has 0 atom stereocenters. The average Bonchev–Trinajstić information content (AvgIpc) is 2.42. The molecule has 21 heavy (non-hydrogen) atoms. The molecule has 0 amide bonds. The van der Waals surface area contributed by atoms with E-state index < -0.39 is 0 Å². The topological polar surface area (TPSA) is 48.1 Å². The number of hydrogen-bond acceptors (Lipinski definition) is 4. The van der Waals surface area contributed by atoms with Crippen LogP contribution < -0.4 is 21.3 Å². The normalized spacial score (nSPS) is 11.7. The predicted octanol–water partition coefficient (Wildman–Crippen LogP) is 1.83. The van der Waals surface area contributed by atoms with E-state index >= 15 is 0 Å². The molecule has 4 N–H and O–H groups in total. The van der Waals surface area contributed by atoms with Gasteiger partial charge in [0.1, 0.15) is 0 Å². The Balaban J connectivity index is 2.96. The van der Waals surface area contributed by atoms with Gasteiger partial charge in [-0.1, -0.05) is 27.7 Å². The van der Waals surface area contributed by atoms with Crippen molar-refractivity contribution in [2.45, 2.75) is 47.0 Å². The van der Waals surface area contributed by atoms with Gasteiger partial charge >= 0.3 is 0 Å². The molecule has 0 rings (SSSR count). The maximum absolute atomic E-state index is 3.50. The maximum Gasteiger partial charge on any atom is -0.00258 e. The highest BCUT2D eigenvalue weighted by molar-refractivity contribution is 4.57.